The Bertz CT molecular complexity index is 989. The highest BCUT2D eigenvalue weighted by atomic mass is 79.9. The van der Waals surface area contributed by atoms with Crippen molar-refractivity contribution in [2.75, 3.05) is 0 Å². The van der Waals surface area contributed by atoms with Crippen LogP contribution in [0, 0.1) is 17.3 Å². The van der Waals surface area contributed by atoms with Gasteiger partial charge in [-0.2, -0.15) is 0 Å². The number of fused-ring (bicyclic) bond motifs is 1. The Labute approximate surface area is 229 Å². The minimum atomic E-state index is -1.25. The van der Waals surface area contributed by atoms with E-state index in [-0.39, 0.29) is 29.8 Å². The standard InChI is InChI=1S/C26H38Br2N2O6/c1-13-8-7-9-26(6)18(36-26)11-16(14(2)10-19-29-23(27)24(28)30-19)35-20(32)12-17(31)25(4,5)22(34)15(3)21(13)33/h10,13,15-18,21,31,33H,7-9,11-12H2,1-6H3,(H,29,30)/b14-10+/t13-,15+,16-,17-,18-,21-,26+/m0/s1. The minimum absolute atomic E-state index is 0.0799. The third-order valence-corrected chi connectivity index (χ3v) is 9.60. The van der Waals surface area contributed by atoms with Crippen molar-refractivity contribution in [1.82, 2.24) is 9.97 Å². The van der Waals surface area contributed by atoms with E-state index in [1.165, 1.54) is 0 Å². The highest BCUT2D eigenvalue weighted by Gasteiger charge is 2.53. The van der Waals surface area contributed by atoms with E-state index in [1.54, 1.807) is 20.8 Å². The van der Waals surface area contributed by atoms with Crippen LogP contribution in [-0.4, -0.2) is 62.0 Å². The number of nitrogens with zero attached hydrogens (tertiary/aromatic N) is 1. The van der Waals surface area contributed by atoms with Gasteiger partial charge in [0.1, 0.15) is 26.9 Å². The number of nitrogens with one attached hydrogen (secondary N) is 1. The fourth-order valence-corrected chi connectivity index (χ4v) is 5.60. The predicted molar refractivity (Wildman–Crippen MR) is 143 cm³/mol. The van der Waals surface area contributed by atoms with E-state index in [9.17, 15) is 19.8 Å². The molecule has 0 aliphatic carbocycles. The van der Waals surface area contributed by atoms with E-state index in [1.807, 2.05) is 19.9 Å². The molecule has 1 aromatic rings. The first kappa shape index (κ1) is 29.5. The Kier molecular flexibility index (Phi) is 9.30. The number of aromatic nitrogens is 2. The summed E-state index contributed by atoms with van der Waals surface area (Å²) in [5.41, 5.74) is -0.764. The number of H-pyrrole nitrogens is 1. The molecule has 0 bridgehead atoms. The normalized spacial score (nSPS) is 36.8. The fourth-order valence-electron chi connectivity index (χ4n) is 5.02. The lowest BCUT2D eigenvalue weighted by Gasteiger charge is -2.34. The molecule has 0 spiro atoms. The van der Waals surface area contributed by atoms with Crippen molar-refractivity contribution in [3.63, 3.8) is 0 Å². The lowest BCUT2D eigenvalue weighted by atomic mass is 9.73. The largest absolute Gasteiger partial charge is 0.458 e. The molecule has 202 valence electrons. The fraction of sp³-hybridized carbons (Fsp3) is 0.731. The first-order valence-electron chi connectivity index (χ1n) is 12.5. The zero-order chi connectivity index (χ0) is 27.0. The molecule has 0 amide bonds. The second-order valence-corrected chi connectivity index (χ2v) is 12.7. The monoisotopic (exact) mass is 632 g/mol. The van der Waals surface area contributed by atoms with Crippen LogP contribution in [0.3, 0.4) is 0 Å². The maximum absolute atomic E-state index is 13.2. The number of ketones is 1. The van der Waals surface area contributed by atoms with Crippen molar-refractivity contribution in [3.8, 4) is 0 Å². The van der Waals surface area contributed by atoms with Crippen molar-refractivity contribution < 1.29 is 29.3 Å². The van der Waals surface area contributed by atoms with Crippen molar-refractivity contribution in [1.29, 1.82) is 0 Å². The Morgan fingerprint density at radius 3 is 2.47 bits per heavy atom. The average molecular weight is 634 g/mol. The highest BCUT2D eigenvalue weighted by molar-refractivity contribution is 9.13. The lowest BCUT2D eigenvalue weighted by molar-refractivity contribution is -0.154. The van der Waals surface area contributed by atoms with Crippen LogP contribution in [0.2, 0.25) is 0 Å². The van der Waals surface area contributed by atoms with E-state index in [0.29, 0.717) is 21.5 Å². The summed E-state index contributed by atoms with van der Waals surface area (Å²) in [5.74, 6) is -1.02. The minimum Gasteiger partial charge on any atom is -0.458 e. The van der Waals surface area contributed by atoms with E-state index < -0.39 is 35.6 Å². The van der Waals surface area contributed by atoms with Gasteiger partial charge >= 0.3 is 5.97 Å². The van der Waals surface area contributed by atoms with Gasteiger partial charge < -0.3 is 24.7 Å². The number of hydrogen-bond acceptors (Lipinski definition) is 7. The molecule has 0 aromatic carbocycles. The third kappa shape index (κ3) is 6.67. The highest BCUT2D eigenvalue weighted by Crippen LogP contribution is 2.45. The molecule has 2 saturated heterocycles. The topological polar surface area (TPSA) is 125 Å². The van der Waals surface area contributed by atoms with Crippen LogP contribution in [0.15, 0.2) is 14.8 Å². The number of aromatic amines is 1. The number of imidazole rings is 1. The summed E-state index contributed by atoms with van der Waals surface area (Å²) in [6.07, 6.45) is 1.63. The van der Waals surface area contributed by atoms with E-state index in [2.05, 4.69) is 48.8 Å². The molecular formula is C26H38Br2N2O6. The molecule has 2 aliphatic heterocycles. The summed E-state index contributed by atoms with van der Waals surface area (Å²) in [7, 11) is 0. The Balaban J connectivity index is 1.87. The van der Waals surface area contributed by atoms with Gasteiger partial charge in [-0.3, -0.25) is 9.59 Å². The number of halogens is 2. The van der Waals surface area contributed by atoms with Crippen LogP contribution in [0.1, 0.15) is 79.5 Å². The molecule has 1 aromatic heterocycles. The van der Waals surface area contributed by atoms with Crippen LogP contribution < -0.4 is 0 Å². The summed E-state index contributed by atoms with van der Waals surface area (Å²) >= 11 is 6.74. The maximum Gasteiger partial charge on any atom is 0.309 e. The maximum atomic E-state index is 13.2. The molecule has 2 fully saturated rings. The van der Waals surface area contributed by atoms with Crippen molar-refractivity contribution in [2.45, 2.75) is 104 Å². The van der Waals surface area contributed by atoms with Crippen LogP contribution in [0.5, 0.6) is 0 Å². The summed E-state index contributed by atoms with van der Waals surface area (Å²) in [6, 6.07) is 0. The number of cyclic esters (lactones) is 1. The van der Waals surface area contributed by atoms with Gasteiger partial charge in [0, 0.05) is 12.3 Å². The summed E-state index contributed by atoms with van der Waals surface area (Å²) in [4.78, 5) is 33.7. The lowest BCUT2D eigenvalue weighted by Crippen LogP contribution is -2.45. The number of hydrogen-bond donors (Lipinski definition) is 3. The van der Waals surface area contributed by atoms with E-state index in [0.717, 1.165) is 24.8 Å². The van der Waals surface area contributed by atoms with Gasteiger partial charge in [-0.25, -0.2) is 4.98 Å². The number of carbonyl (C=O) groups is 2. The van der Waals surface area contributed by atoms with Crippen LogP contribution in [0.25, 0.3) is 6.08 Å². The molecule has 8 nitrogen and oxygen atoms in total. The smallest absolute Gasteiger partial charge is 0.309 e. The van der Waals surface area contributed by atoms with Crippen molar-refractivity contribution in [3.05, 3.63) is 20.6 Å². The number of epoxide rings is 1. The molecule has 0 saturated carbocycles. The van der Waals surface area contributed by atoms with Crippen LogP contribution >= 0.6 is 31.9 Å². The Morgan fingerprint density at radius 1 is 1.19 bits per heavy atom. The zero-order valence-electron chi connectivity index (χ0n) is 21.8. The Hall–Kier alpha value is -1.07. The van der Waals surface area contributed by atoms with Gasteiger partial charge in [0.15, 0.2) is 0 Å². The van der Waals surface area contributed by atoms with Crippen LogP contribution in [-0.2, 0) is 19.1 Å². The number of aliphatic hydroxyl groups excluding tert-OH is 2. The Morgan fingerprint density at radius 2 is 1.86 bits per heavy atom. The van der Waals surface area contributed by atoms with Crippen molar-refractivity contribution in [2.24, 2.45) is 17.3 Å². The molecule has 2 aliphatic rings. The van der Waals surface area contributed by atoms with E-state index >= 15 is 0 Å². The number of rotatable bonds is 2. The molecule has 36 heavy (non-hydrogen) atoms. The molecule has 3 N–H and O–H groups in total. The third-order valence-electron chi connectivity index (χ3n) is 7.92. The molecule has 3 heterocycles. The summed E-state index contributed by atoms with van der Waals surface area (Å²) < 4.78 is 13.2. The van der Waals surface area contributed by atoms with E-state index in [4.69, 9.17) is 9.47 Å². The number of carbonyl (C=O) groups excluding carboxylic acids is 2. The molecule has 3 rings (SSSR count). The van der Waals surface area contributed by atoms with Crippen molar-refractivity contribution >= 4 is 49.7 Å². The molecule has 0 unspecified atom stereocenters. The van der Waals surface area contributed by atoms with Gasteiger partial charge in [-0.15, -0.1) is 0 Å². The quantitative estimate of drug-likeness (QED) is 0.310. The van der Waals surface area contributed by atoms with Gasteiger partial charge in [0.05, 0.1) is 35.7 Å². The number of aliphatic hydroxyl groups is 2. The first-order chi connectivity index (χ1) is 16.7. The van der Waals surface area contributed by atoms with Crippen LogP contribution in [0.4, 0.5) is 0 Å². The first-order valence-corrected chi connectivity index (χ1v) is 14.1. The molecule has 0 radical (unpaired) electrons. The number of esters is 1. The number of ether oxygens (including phenoxy) is 2. The SMILES string of the molecule is C/C(=C\c1nc(Br)c(Br)[nH]1)[C@@H]1C[C@@H]2O[C@]2(C)CCC[C@H](C)[C@H](O)[C@@H](C)C(=O)C(C)(C)[C@@H](O)CC(=O)O1. The molecule has 7 atom stereocenters. The second kappa shape index (κ2) is 11.4. The predicted octanol–water partition coefficient (Wildman–Crippen LogP) is 4.96. The molecule has 10 heteroatoms. The second-order valence-electron chi connectivity index (χ2n) is 11.2. The summed E-state index contributed by atoms with van der Waals surface area (Å²) in [6.45, 7) is 10.8. The summed E-state index contributed by atoms with van der Waals surface area (Å²) in [5, 5.41) is 21.7. The average Bonchev–Trinajstić information content (AvgIpc) is 3.32. The zero-order valence-corrected chi connectivity index (χ0v) is 25.0. The van der Waals surface area contributed by atoms with Gasteiger partial charge in [-0.1, -0.05) is 34.1 Å². The molecular weight excluding hydrogens is 596 g/mol. The number of Topliss-reactive ketones (excluding diaryl/α,β-unsaturated/α-hetero) is 1. The van der Waals surface area contributed by atoms with Gasteiger partial charge in [0.25, 0.3) is 0 Å². The van der Waals surface area contributed by atoms with Gasteiger partial charge in [0.2, 0.25) is 0 Å². The van der Waals surface area contributed by atoms with Gasteiger partial charge in [-0.05, 0) is 76.1 Å².